The molecule has 0 spiro atoms. The molecule has 1 saturated carbocycles. The molecule has 2 unspecified atom stereocenters. The van der Waals surface area contributed by atoms with Gasteiger partial charge in [0.2, 0.25) is 5.78 Å². The molecule has 35 heavy (non-hydrogen) atoms. The minimum atomic E-state index is -0.0712. The topological polar surface area (TPSA) is 116 Å². The van der Waals surface area contributed by atoms with Gasteiger partial charge in [-0.05, 0) is 86.4 Å². The number of aromatic nitrogens is 2. The summed E-state index contributed by atoms with van der Waals surface area (Å²) in [5, 5.41) is 9.54. The van der Waals surface area contributed by atoms with Crippen LogP contribution in [0.5, 0.6) is 0 Å². The molecular formula is C25H30ClN5O2S2. The van der Waals surface area contributed by atoms with Crippen molar-refractivity contribution in [3.63, 3.8) is 0 Å². The maximum absolute atomic E-state index is 13.5. The number of nitrogens with zero attached hydrogens (tertiary/aromatic N) is 2. The number of halogens is 1. The van der Waals surface area contributed by atoms with E-state index in [-0.39, 0.29) is 11.8 Å². The largest absolute Gasteiger partial charge is 0.367 e. The second-order valence-electron chi connectivity index (χ2n) is 8.84. The van der Waals surface area contributed by atoms with Crippen molar-refractivity contribution in [1.82, 2.24) is 9.97 Å². The maximum atomic E-state index is 13.5. The van der Waals surface area contributed by atoms with Gasteiger partial charge in [-0.3, -0.25) is 9.93 Å². The number of benzene rings is 1. The lowest BCUT2D eigenvalue weighted by Crippen LogP contribution is -2.20. The van der Waals surface area contributed by atoms with Crippen molar-refractivity contribution in [2.24, 2.45) is 16.8 Å². The molecule has 0 bridgehead atoms. The molecule has 0 saturated heterocycles. The van der Waals surface area contributed by atoms with Crippen LogP contribution in [0.1, 0.15) is 56.1 Å². The van der Waals surface area contributed by atoms with Gasteiger partial charge in [-0.15, -0.1) is 11.3 Å². The summed E-state index contributed by atoms with van der Waals surface area (Å²) in [6.07, 6.45) is 7.56. The van der Waals surface area contributed by atoms with Gasteiger partial charge in [0, 0.05) is 22.1 Å². The van der Waals surface area contributed by atoms with Crippen LogP contribution in [0.15, 0.2) is 36.8 Å². The Hall–Kier alpha value is -2.01. The van der Waals surface area contributed by atoms with Crippen molar-refractivity contribution in [1.29, 1.82) is 0 Å². The number of carbonyl (C=O) groups excluding carboxylic acids is 1. The van der Waals surface area contributed by atoms with Gasteiger partial charge < -0.3 is 15.2 Å². The summed E-state index contributed by atoms with van der Waals surface area (Å²) in [6.45, 7) is 3.25. The highest BCUT2D eigenvalue weighted by Crippen LogP contribution is 2.32. The highest BCUT2D eigenvalue weighted by atomic mass is 35.5. The van der Waals surface area contributed by atoms with E-state index in [2.05, 4.69) is 15.3 Å². The summed E-state index contributed by atoms with van der Waals surface area (Å²) >= 11 is 8.67. The predicted octanol–water partition coefficient (Wildman–Crippen LogP) is 4.94. The standard InChI is InChI=1S/C25H30ClN5O2S2/c1-15-18(9-19-10-20(26)4-3-17(19)6-7-27)11-23(34-15)24(32)22-12-29-14-30-25(22)31-21-5-2-16(8-21)13-33-35-28/h3-4,10-12,14,16,21H,2,5-9,13,27-28H2,1H3,(H,29,30,31). The Balaban J connectivity index is 1.51. The van der Waals surface area contributed by atoms with Crippen LogP contribution in [0.2, 0.25) is 5.02 Å². The van der Waals surface area contributed by atoms with Gasteiger partial charge in [-0.1, -0.05) is 17.7 Å². The van der Waals surface area contributed by atoms with Crippen LogP contribution in [-0.2, 0) is 17.0 Å². The molecule has 5 N–H and O–H groups in total. The first-order chi connectivity index (χ1) is 17.0. The van der Waals surface area contributed by atoms with E-state index in [1.54, 1.807) is 6.20 Å². The van der Waals surface area contributed by atoms with Gasteiger partial charge >= 0.3 is 0 Å². The zero-order valence-corrected chi connectivity index (χ0v) is 22.0. The van der Waals surface area contributed by atoms with Crippen LogP contribution in [0.3, 0.4) is 0 Å². The number of hydrogen-bond donors (Lipinski definition) is 3. The van der Waals surface area contributed by atoms with E-state index < -0.39 is 0 Å². The Kier molecular flexibility index (Phi) is 9.16. The molecule has 10 heteroatoms. The van der Waals surface area contributed by atoms with Crippen LogP contribution in [-0.4, -0.2) is 34.9 Å². The van der Waals surface area contributed by atoms with E-state index in [9.17, 15) is 4.79 Å². The number of thiophene rings is 1. The van der Waals surface area contributed by atoms with Gasteiger partial charge in [-0.25, -0.2) is 9.97 Å². The number of rotatable bonds is 11. The van der Waals surface area contributed by atoms with E-state index in [1.165, 1.54) is 23.2 Å². The van der Waals surface area contributed by atoms with Crippen LogP contribution in [0.4, 0.5) is 5.82 Å². The normalized spacial score (nSPS) is 17.6. The number of anilines is 1. The van der Waals surface area contributed by atoms with Crippen molar-refractivity contribution in [3.05, 3.63) is 73.8 Å². The Morgan fingerprint density at radius 3 is 2.94 bits per heavy atom. The van der Waals surface area contributed by atoms with Gasteiger partial charge in [0.1, 0.15) is 12.1 Å². The molecule has 0 aliphatic heterocycles. The fourth-order valence-electron chi connectivity index (χ4n) is 4.60. The van der Waals surface area contributed by atoms with E-state index in [1.807, 2.05) is 31.2 Å². The molecular weight excluding hydrogens is 502 g/mol. The zero-order valence-electron chi connectivity index (χ0n) is 19.6. The monoisotopic (exact) mass is 531 g/mol. The number of ketones is 1. The van der Waals surface area contributed by atoms with E-state index in [0.717, 1.165) is 53.9 Å². The fourth-order valence-corrected chi connectivity index (χ4v) is 6.06. The minimum absolute atomic E-state index is 0.0712. The molecule has 1 aromatic carbocycles. The molecule has 2 atom stereocenters. The average Bonchev–Trinajstić information content (AvgIpc) is 3.45. The van der Waals surface area contributed by atoms with Crippen LogP contribution in [0.25, 0.3) is 0 Å². The predicted molar refractivity (Wildman–Crippen MR) is 144 cm³/mol. The van der Waals surface area contributed by atoms with E-state index >= 15 is 0 Å². The summed E-state index contributed by atoms with van der Waals surface area (Å²) in [5.41, 5.74) is 9.72. The fraction of sp³-hybridized carbons (Fsp3) is 0.400. The quantitative estimate of drug-likeness (QED) is 0.181. The highest BCUT2D eigenvalue weighted by molar-refractivity contribution is 7.92. The van der Waals surface area contributed by atoms with Crippen molar-refractivity contribution in [3.8, 4) is 0 Å². The molecule has 1 fully saturated rings. The molecule has 0 amide bonds. The van der Waals surface area contributed by atoms with Crippen molar-refractivity contribution < 1.29 is 8.98 Å². The Labute approximate surface area is 219 Å². The molecule has 7 nitrogen and oxygen atoms in total. The van der Waals surface area contributed by atoms with Gasteiger partial charge in [0.25, 0.3) is 0 Å². The Morgan fingerprint density at radius 2 is 2.14 bits per heavy atom. The average molecular weight is 532 g/mol. The van der Waals surface area contributed by atoms with Crippen LogP contribution < -0.4 is 16.2 Å². The van der Waals surface area contributed by atoms with Crippen LogP contribution >= 0.6 is 35.2 Å². The molecule has 1 aliphatic carbocycles. The number of aryl methyl sites for hydroxylation is 1. The molecule has 186 valence electrons. The lowest BCUT2D eigenvalue weighted by molar-refractivity contribution is 0.104. The zero-order chi connectivity index (χ0) is 24.8. The number of carbonyl (C=O) groups is 1. The number of nitrogens with one attached hydrogen (secondary N) is 1. The first-order valence-corrected chi connectivity index (χ1v) is 13.6. The van der Waals surface area contributed by atoms with Gasteiger partial charge in [-0.2, -0.15) is 0 Å². The van der Waals surface area contributed by atoms with E-state index in [0.29, 0.717) is 46.8 Å². The first kappa shape index (κ1) is 26.1. The second-order valence-corrected chi connectivity index (χ2v) is 11.0. The third-order valence-corrected chi connectivity index (χ3v) is 8.02. The van der Waals surface area contributed by atoms with Crippen molar-refractivity contribution in [2.75, 3.05) is 18.5 Å². The lowest BCUT2D eigenvalue weighted by atomic mass is 9.97. The Bertz CT molecular complexity index is 1170. The highest BCUT2D eigenvalue weighted by Gasteiger charge is 2.27. The molecule has 3 aromatic rings. The number of hydrogen-bond acceptors (Lipinski definition) is 9. The minimum Gasteiger partial charge on any atom is -0.367 e. The molecule has 2 heterocycles. The lowest BCUT2D eigenvalue weighted by Gasteiger charge is -2.15. The van der Waals surface area contributed by atoms with Gasteiger partial charge in [0.15, 0.2) is 0 Å². The van der Waals surface area contributed by atoms with Crippen LogP contribution in [0, 0.1) is 12.8 Å². The number of nitrogens with two attached hydrogens (primary N) is 2. The maximum Gasteiger partial charge on any atom is 0.208 e. The van der Waals surface area contributed by atoms with Crippen molar-refractivity contribution >= 4 is 46.8 Å². The van der Waals surface area contributed by atoms with Gasteiger partial charge in [0.05, 0.1) is 29.3 Å². The summed E-state index contributed by atoms with van der Waals surface area (Å²) in [7, 11) is 0. The third-order valence-electron chi connectivity index (χ3n) is 6.42. The van der Waals surface area contributed by atoms with E-state index in [4.69, 9.17) is 26.7 Å². The molecule has 2 aromatic heterocycles. The second kappa shape index (κ2) is 12.3. The summed E-state index contributed by atoms with van der Waals surface area (Å²) in [5.74, 6) is 0.957. The molecule has 1 aliphatic rings. The summed E-state index contributed by atoms with van der Waals surface area (Å²) in [4.78, 5) is 23.8. The molecule has 0 radical (unpaired) electrons. The first-order valence-electron chi connectivity index (χ1n) is 11.6. The summed E-state index contributed by atoms with van der Waals surface area (Å²) < 4.78 is 5.29. The third kappa shape index (κ3) is 6.61. The smallest absolute Gasteiger partial charge is 0.208 e. The molecule has 4 rings (SSSR count). The SMILES string of the molecule is Cc1sc(C(=O)c2cncnc2NC2CCC(COSN)C2)cc1Cc1cc(Cl)ccc1CCN. The Morgan fingerprint density at radius 1 is 1.29 bits per heavy atom. The van der Waals surface area contributed by atoms with Crippen molar-refractivity contribution in [2.45, 2.75) is 45.1 Å². The summed E-state index contributed by atoms with van der Waals surface area (Å²) in [6, 6.07) is 8.14.